The van der Waals surface area contributed by atoms with E-state index in [1.54, 1.807) is 24.3 Å². The third-order valence-corrected chi connectivity index (χ3v) is 3.74. The number of halogens is 2. The van der Waals surface area contributed by atoms with Crippen LogP contribution in [-0.4, -0.2) is 18.1 Å². The molecule has 2 aromatic carbocycles. The number of carbonyl (C=O) groups is 1. The lowest BCUT2D eigenvalue weighted by atomic mass is 10.1. The quantitative estimate of drug-likeness (QED) is 0.586. The van der Waals surface area contributed by atoms with Gasteiger partial charge >= 0.3 is 0 Å². The highest BCUT2D eigenvalue weighted by Crippen LogP contribution is 2.24. The van der Waals surface area contributed by atoms with Crippen LogP contribution in [0.2, 0.25) is 0 Å². The summed E-state index contributed by atoms with van der Waals surface area (Å²) in [6.07, 6.45) is 0. The number of hydrogen-bond donors (Lipinski definition) is 0. The molecule has 0 heterocycles. The van der Waals surface area contributed by atoms with Crippen LogP contribution in [0.4, 0.5) is 8.78 Å². The van der Waals surface area contributed by atoms with Gasteiger partial charge in [0.2, 0.25) is 0 Å². The number of carbonyl (C=O) groups excluding carboxylic acids is 1. The maximum atomic E-state index is 13.1. The van der Waals surface area contributed by atoms with Gasteiger partial charge in [0.1, 0.15) is 5.75 Å². The highest BCUT2D eigenvalue weighted by Gasteiger charge is 2.13. The smallest absolute Gasteiger partial charge is 0.176 e. The van der Waals surface area contributed by atoms with Crippen molar-refractivity contribution >= 4 is 17.5 Å². The minimum Gasteiger partial charge on any atom is -0.493 e. The number of thioether (sulfide) groups is 1. The topological polar surface area (TPSA) is 26.3 Å². The predicted octanol–water partition coefficient (Wildman–Crippen LogP) is 4.34. The van der Waals surface area contributed by atoms with Crippen molar-refractivity contribution < 1.29 is 18.3 Å². The van der Waals surface area contributed by atoms with Crippen molar-refractivity contribution in [3.63, 3.8) is 0 Å². The fraction of sp³-hybridized carbons (Fsp3) is 0.188. The molecule has 0 unspecified atom stereocenters. The van der Waals surface area contributed by atoms with Crippen LogP contribution in [-0.2, 0) is 0 Å². The Morgan fingerprint density at radius 3 is 2.62 bits per heavy atom. The van der Waals surface area contributed by atoms with Crippen molar-refractivity contribution in [2.75, 3.05) is 12.4 Å². The fourth-order valence-corrected chi connectivity index (χ4v) is 2.58. The number of Topliss-reactive ketones (excluding diaryl/α,β-unsaturated/α-hetero) is 1. The minimum atomic E-state index is -0.915. The normalized spacial score (nSPS) is 10.4. The second kappa shape index (κ2) is 7.22. The van der Waals surface area contributed by atoms with Crippen molar-refractivity contribution in [2.24, 2.45) is 0 Å². The second-order valence-corrected chi connectivity index (χ2v) is 5.27. The van der Waals surface area contributed by atoms with Crippen molar-refractivity contribution in [1.82, 2.24) is 0 Å². The van der Waals surface area contributed by atoms with E-state index in [2.05, 4.69) is 0 Å². The van der Waals surface area contributed by atoms with Crippen LogP contribution in [0.1, 0.15) is 17.3 Å². The Labute approximate surface area is 126 Å². The predicted molar refractivity (Wildman–Crippen MR) is 79.0 cm³/mol. The molecule has 0 N–H and O–H groups in total. The summed E-state index contributed by atoms with van der Waals surface area (Å²) in [5.41, 5.74) is 0.495. The zero-order valence-corrected chi connectivity index (χ0v) is 12.3. The summed E-state index contributed by atoms with van der Waals surface area (Å²) >= 11 is 1.16. The zero-order chi connectivity index (χ0) is 15.2. The first-order chi connectivity index (χ1) is 10.1. The molecular formula is C16H14F2O2S. The molecule has 0 spiro atoms. The number of para-hydroxylation sites is 1. The molecular weight excluding hydrogens is 294 g/mol. The van der Waals surface area contributed by atoms with E-state index >= 15 is 0 Å². The lowest BCUT2D eigenvalue weighted by molar-refractivity contribution is 0.101. The van der Waals surface area contributed by atoms with Gasteiger partial charge in [-0.05, 0) is 37.3 Å². The molecule has 0 aliphatic carbocycles. The maximum absolute atomic E-state index is 13.1. The molecule has 0 saturated carbocycles. The van der Waals surface area contributed by atoms with E-state index < -0.39 is 11.6 Å². The Balaban J connectivity index is 2.06. The van der Waals surface area contributed by atoms with E-state index in [9.17, 15) is 13.6 Å². The van der Waals surface area contributed by atoms with Gasteiger partial charge in [0, 0.05) is 4.90 Å². The first-order valence-electron chi connectivity index (χ1n) is 6.44. The van der Waals surface area contributed by atoms with E-state index in [-0.39, 0.29) is 11.5 Å². The van der Waals surface area contributed by atoms with Crippen LogP contribution in [0.5, 0.6) is 5.75 Å². The van der Waals surface area contributed by atoms with E-state index in [1.807, 2.05) is 6.92 Å². The Morgan fingerprint density at radius 1 is 1.14 bits per heavy atom. The molecule has 0 saturated heterocycles. The number of rotatable bonds is 6. The summed E-state index contributed by atoms with van der Waals surface area (Å²) in [7, 11) is 0. The number of ketones is 1. The fourth-order valence-electron chi connectivity index (χ4n) is 1.77. The maximum Gasteiger partial charge on any atom is 0.176 e. The van der Waals surface area contributed by atoms with Gasteiger partial charge in [-0.15, -0.1) is 11.8 Å². The zero-order valence-electron chi connectivity index (χ0n) is 11.4. The van der Waals surface area contributed by atoms with Gasteiger partial charge in [0.15, 0.2) is 17.4 Å². The van der Waals surface area contributed by atoms with Crippen LogP contribution in [0.25, 0.3) is 0 Å². The summed E-state index contributed by atoms with van der Waals surface area (Å²) in [4.78, 5) is 12.7. The van der Waals surface area contributed by atoms with Gasteiger partial charge in [-0.25, -0.2) is 8.78 Å². The Kier molecular flexibility index (Phi) is 5.33. The van der Waals surface area contributed by atoms with Gasteiger partial charge < -0.3 is 4.74 Å². The molecule has 0 aliphatic heterocycles. The molecule has 0 radical (unpaired) electrons. The summed E-state index contributed by atoms with van der Waals surface area (Å²) in [5.74, 6) is -1.26. The van der Waals surface area contributed by atoms with Crippen LogP contribution in [0, 0.1) is 11.6 Å². The monoisotopic (exact) mass is 308 g/mol. The number of benzene rings is 2. The molecule has 2 nitrogen and oxygen atoms in total. The lowest BCUT2D eigenvalue weighted by Crippen LogP contribution is -2.06. The van der Waals surface area contributed by atoms with Gasteiger partial charge in [-0.3, -0.25) is 4.79 Å². The summed E-state index contributed by atoms with van der Waals surface area (Å²) in [5, 5.41) is 0. The Morgan fingerprint density at radius 2 is 1.90 bits per heavy atom. The molecule has 0 amide bonds. The van der Waals surface area contributed by atoms with Crippen molar-refractivity contribution in [2.45, 2.75) is 11.8 Å². The molecule has 0 atom stereocenters. The Hall–Kier alpha value is -1.88. The molecule has 5 heteroatoms. The SMILES string of the molecule is CCOc1ccccc1C(=O)CSc1ccc(F)c(F)c1. The molecule has 21 heavy (non-hydrogen) atoms. The average molecular weight is 308 g/mol. The Bertz CT molecular complexity index is 644. The highest BCUT2D eigenvalue weighted by atomic mass is 32.2. The van der Waals surface area contributed by atoms with Crippen LogP contribution >= 0.6 is 11.8 Å². The molecule has 0 aliphatic rings. The van der Waals surface area contributed by atoms with Gasteiger partial charge in [-0.2, -0.15) is 0 Å². The first-order valence-corrected chi connectivity index (χ1v) is 7.43. The summed E-state index contributed by atoms with van der Waals surface area (Å²) < 4.78 is 31.3. The van der Waals surface area contributed by atoms with Crippen LogP contribution in [0.15, 0.2) is 47.4 Å². The van der Waals surface area contributed by atoms with Gasteiger partial charge in [0.05, 0.1) is 17.9 Å². The first kappa shape index (κ1) is 15.5. The van der Waals surface area contributed by atoms with Gasteiger partial charge in [0.25, 0.3) is 0 Å². The standard InChI is InChI=1S/C16H14F2O2S/c1-2-20-16-6-4-3-5-12(16)15(19)10-21-11-7-8-13(17)14(18)9-11/h3-9H,2,10H2,1H3. The lowest BCUT2D eigenvalue weighted by Gasteiger charge is -2.09. The molecule has 0 aromatic heterocycles. The molecule has 0 bridgehead atoms. The molecule has 110 valence electrons. The minimum absolute atomic E-state index is 0.117. The highest BCUT2D eigenvalue weighted by molar-refractivity contribution is 8.00. The van der Waals surface area contributed by atoms with E-state index in [0.717, 1.165) is 23.9 Å². The van der Waals surface area contributed by atoms with E-state index in [1.165, 1.54) is 6.07 Å². The average Bonchev–Trinajstić information content (AvgIpc) is 2.49. The van der Waals surface area contributed by atoms with Crippen molar-refractivity contribution in [1.29, 1.82) is 0 Å². The van der Waals surface area contributed by atoms with Crippen molar-refractivity contribution in [3.8, 4) is 5.75 Å². The third-order valence-electron chi connectivity index (χ3n) is 2.75. The van der Waals surface area contributed by atoms with Crippen LogP contribution < -0.4 is 4.74 Å². The van der Waals surface area contributed by atoms with Crippen molar-refractivity contribution in [3.05, 3.63) is 59.7 Å². The number of ether oxygens (including phenoxy) is 1. The third kappa shape index (κ3) is 4.04. The number of hydrogen-bond acceptors (Lipinski definition) is 3. The van der Waals surface area contributed by atoms with Crippen LogP contribution in [0.3, 0.4) is 0 Å². The summed E-state index contributed by atoms with van der Waals surface area (Å²) in [6.45, 7) is 2.32. The molecule has 2 aromatic rings. The summed E-state index contributed by atoms with van der Waals surface area (Å²) in [6, 6.07) is 10.6. The molecule has 2 rings (SSSR count). The largest absolute Gasteiger partial charge is 0.493 e. The molecule has 0 fully saturated rings. The van der Waals surface area contributed by atoms with E-state index in [0.29, 0.717) is 22.8 Å². The van der Waals surface area contributed by atoms with Gasteiger partial charge in [-0.1, -0.05) is 12.1 Å². The van der Waals surface area contributed by atoms with E-state index in [4.69, 9.17) is 4.74 Å². The second-order valence-electron chi connectivity index (χ2n) is 4.22.